The molecule has 0 aliphatic rings. The first-order valence-electron chi connectivity index (χ1n) is 8.72. The van der Waals surface area contributed by atoms with Crippen molar-refractivity contribution in [3.63, 3.8) is 0 Å². The van der Waals surface area contributed by atoms with Gasteiger partial charge in [-0.1, -0.05) is 12.1 Å². The third-order valence-electron chi connectivity index (χ3n) is 4.29. The summed E-state index contributed by atoms with van der Waals surface area (Å²) in [6.07, 6.45) is 5.00. The average molecular weight is 376 g/mol. The maximum atomic E-state index is 12.9. The number of hydrogen-bond donors (Lipinski definition) is 2. The van der Waals surface area contributed by atoms with E-state index in [1.165, 1.54) is 11.6 Å². The number of hydrogen-bond acceptors (Lipinski definition) is 4. The van der Waals surface area contributed by atoms with Gasteiger partial charge in [0.1, 0.15) is 5.56 Å². The van der Waals surface area contributed by atoms with Crippen LogP contribution in [0.3, 0.4) is 0 Å². The van der Waals surface area contributed by atoms with Crippen molar-refractivity contribution in [2.45, 2.75) is 13.5 Å². The lowest BCUT2D eigenvalue weighted by molar-refractivity contribution is 0.0961. The minimum Gasteiger partial charge on any atom is -0.355 e. The Bertz CT molecular complexity index is 1070. The molecule has 0 atom stereocenters. The molecule has 0 aliphatic carbocycles. The van der Waals surface area contributed by atoms with Gasteiger partial charge in [0.15, 0.2) is 0 Å². The monoisotopic (exact) mass is 376 g/mol. The van der Waals surface area contributed by atoms with Crippen molar-refractivity contribution in [1.82, 2.24) is 14.9 Å². The predicted molar refractivity (Wildman–Crippen MR) is 107 cm³/mol. The lowest BCUT2D eigenvalue weighted by Crippen LogP contribution is -2.30. The van der Waals surface area contributed by atoms with Crippen molar-refractivity contribution in [3.05, 3.63) is 93.7 Å². The number of anilines is 1. The van der Waals surface area contributed by atoms with E-state index >= 15 is 0 Å². The second kappa shape index (κ2) is 8.30. The maximum absolute atomic E-state index is 12.9. The molecular weight excluding hydrogens is 356 g/mol. The number of benzene rings is 1. The Morgan fingerprint density at radius 3 is 2.64 bits per heavy atom. The molecule has 0 aliphatic heterocycles. The second-order valence-electron chi connectivity index (χ2n) is 6.28. The van der Waals surface area contributed by atoms with Gasteiger partial charge in [-0.05, 0) is 48.4 Å². The largest absolute Gasteiger partial charge is 0.355 e. The number of carbonyl (C=O) groups excluding carboxylic acids is 2. The van der Waals surface area contributed by atoms with Gasteiger partial charge in [-0.15, -0.1) is 0 Å². The van der Waals surface area contributed by atoms with Crippen LogP contribution < -0.4 is 16.2 Å². The molecular formula is C21H20N4O3. The Kier molecular flexibility index (Phi) is 5.64. The smallest absolute Gasteiger partial charge is 0.263 e. The standard InChI is InChI=1S/C21H20N4O3/c1-14-8-10-25(13-15-5-4-9-23-12-15)21(28)18(14)20(27)24-17-7-3-6-16(11-17)19(26)22-2/h3-12H,13H2,1-2H3,(H,22,26)(H,24,27). The van der Waals surface area contributed by atoms with Crippen LogP contribution in [0, 0.1) is 6.92 Å². The third kappa shape index (κ3) is 4.15. The molecule has 2 amide bonds. The Hall–Kier alpha value is -3.74. The summed E-state index contributed by atoms with van der Waals surface area (Å²) in [5.41, 5.74) is 1.97. The Morgan fingerprint density at radius 1 is 1.11 bits per heavy atom. The van der Waals surface area contributed by atoms with Crippen molar-refractivity contribution in [2.24, 2.45) is 0 Å². The van der Waals surface area contributed by atoms with Gasteiger partial charge in [0.05, 0.1) is 6.54 Å². The summed E-state index contributed by atoms with van der Waals surface area (Å²) in [5, 5.41) is 5.24. The molecule has 0 bridgehead atoms. The Labute approximate surface area is 162 Å². The molecule has 142 valence electrons. The molecule has 7 heteroatoms. The highest BCUT2D eigenvalue weighted by Crippen LogP contribution is 2.13. The van der Waals surface area contributed by atoms with Crippen LogP contribution in [-0.2, 0) is 6.54 Å². The first kappa shape index (κ1) is 19.0. The van der Waals surface area contributed by atoms with Gasteiger partial charge in [0.2, 0.25) is 0 Å². The number of amides is 2. The van der Waals surface area contributed by atoms with Crippen LogP contribution in [0.1, 0.15) is 31.8 Å². The molecule has 1 aromatic carbocycles. The summed E-state index contributed by atoms with van der Waals surface area (Å²) in [4.78, 5) is 41.4. The quantitative estimate of drug-likeness (QED) is 0.714. The molecule has 2 heterocycles. The molecule has 0 saturated carbocycles. The summed E-state index contributed by atoms with van der Waals surface area (Å²) in [6.45, 7) is 2.03. The normalized spacial score (nSPS) is 10.4. The van der Waals surface area contributed by atoms with Gasteiger partial charge in [-0.2, -0.15) is 0 Å². The van der Waals surface area contributed by atoms with Gasteiger partial charge in [0.25, 0.3) is 17.4 Å². The lowest BCUT2D eigenvalue weighted by Gasteiger charge is -2.12. The topological polar surface area (TPSA) is 93.1 Å². The molecule has 0 radical (unpaired) electrons. The fraction of sp³-hybridized carbons (Fsp3) is 0.143. The summed E-state index contributed by atoms with van der Waals surface area (Å²) < 4.78 is 1.47. The van der Waals surface area contributed by atoms with Crippen LogP contribution in [0.2, 0.25) is 0 Å². The molecule has 0 spiro atoms. The lowest BCUT2D eigenvalue weighted by atomic mass is 10.1. The van der Waals surface area contributed by atoms with E-state index in [1.54, 1.807) is 61.9 Å². The predicted octanol–water partition coefficient (Wildman–Crippen LogP) is 2.21. The van der Waals surface area contributed by atoms with E-state index in [0.29, 0.717) is 23.4 Å². The van der Waals surface area contributed by atoms with E-state index in [-0.39, 0.29) is 17.0 Å². The van der Waals surface area contributed by atoms with E-state index < -0.39 is 5.91 Å². The molecule has 2 aromatic heterocycles. The highest BCUT2D eigenvalue weighted by molar-refractivity contribution is 6.05. The van der Waals surface area contributed by atoms with Crippen molar-refractivity contribution in [1.29, 1.82) is 0 Å². The first-order chi connectivity index (χ1) is 13.5. The molecule has 7 nitrogen and oxygen atoms in total. The van der Waals surface area contributed by atoms with Gasteiger partial charge in [0, 0.05) is 36.9 Å². The molecule has 28 heavy (non-hydrogen) atoms. The minimum absolute atomic E-state index is 0.0664. The first-order valence-corrected chi connectivity index (χ1v) is 8.72. The van der Waals surface area contributed by atoms with E-state index in [2.05, 4.69) is 15.6 Å². The van der Waals surface area contributed by atoms with Crippen LogP contribution in [0.5, 0.6) is 0 Å². The fourth-order valence-corrected chi connectivity index (χ4v) is 2.83. The zero-order valence-electron chi connectivity index (χ0n) is 15.6. The number of nitrogens with one attached hydrogen (secondary N) is 2. The molecule has 3 rings (SSSR count). The zero-order chi connectivity index (χ0) is 20.1. The summed E-state index contributed by atoms with van der Waals surface area (Å²) in [7, 11) is 1.53. The van der Waals surface area contributed by atoms with Gasteiger partial charge >= 0.3 is 0 Å². The van der Waals surface area contributed by atoms with Crippen LogP contribution >= 0.6 is 0 Å². The number of aromatic nitrogens is 2. The number of carbonyl (C=O) groups is 2. The summed E-state index contributed by atoms with van der Waals surface area (Å²) in [6, 6.07) is 11.9. The minimum atomic E-state index is -0.517. The number of rotatable bonds is 5. The molecule has 2 N–H and O–H groups in total. The molecule has 0 saturated heterocycles. The highest BCUT2D eigenvalue weighted by atomic mass is 16.2. The SMILES string of the molecule is CNC(=O)c1cccc(NC(=O)c2c(C)ccn(Cc3cccnc3)c2=O)c1. The Balaban J connectivity index is 1.89. The molecule has 0 unspecified atom stereocenters. The fourth-order valence-electron chi connectivity index (χ4n) is 2.83. The molecule has 0 fully saturated rings. The van der Waals surface area contributed by atoms with Crippen molar-refractivity contribution < 1.29 is 9.59 Å². The van der Waals surface area contributed by atoms with Gasteiger partial charge in [-0.3, -0.25) is 19.4 Å². The summed E-state index contributed by atoms with van der Waals surface area (Å²) >= 11 is 0. The van der Waals surface area contributed by atoms with E-state index in [4.69, 9.17) is 0 Å². The third-order valence-corrected chi connectivity index (χ3v) is 4.29. The number of aryl methyl sites for hydroxylation is 1. The Morgan fingerprint density at radius 2 is 1.93 bits per heavy atom. The van der Waals surface area contributed by atoms with Crippen LogP contribution in [0.25, 0.3) is 0 Å². The number of pyridine rings is 2. The van der Waals surface area contributed by atoms with E-state index in [0.717, 1.165) is 5.56 Å². The second-order valence-corrected chi connectivity index (χ2v) is 6.28. The average Bonchev–Trinajstić information content (AvgIpc) is 2.70. The van der Waals surface area contributed by atoms with Gasteiger partial charge < -0.3 is 15.2 Å². The van der Waals surface area contributed by atoms with Crippen LogP contribution in [-0.4, -0.2) is 28.4 Å². The molecule has 3 aromatic rings. The number of nitrogens with zero attached hydrogens (tertiary/aromatic N) is 2. The van der Waals surface area contributed by atoms with E-state index in [1.807, 2.05) is 6.07 Å². The van der Waals surface area contributed by atoms with Crippen LogP contribution in [0.15, 0.2) is 65.8 Å². The van der Waals surface area contributed by atoms with Crippen molar-refractivity contribution in [2.75, 3.05) is 12.4 Å². The summed E-state index contributed by atoms with van der Waals surface area (Å²) in [5.74, 6) is -0.775. The van der Waals surface area contributed by atoms with Crippen molar-refractivity contribution in [3.8, 4) is 0 Å². The van der Waals surface area contributed by atoms with Crippen molar-refractivity contribution >= 4 is 17.5 Å². The van der Waals surface area contributed by atoms with Gasteiger partial charge in [-0.25, -0.2) is 0 Å². The maximum Gasteiger partial charge on any atom is 0.263 e. The van der Waals surface area contributed by atoms with E-state index in [9.17, 15) is 14.4 Å². The zero-order valence-corrected chi connectivity index (χ0v) is 15.6. The highest BCUT2D eigenvalue weighted by Gasteiger charge is 2.17. The van der Waals surface area contributed by atoms with Crippen LogP contribution in [0.4, 0.5) is 5.69 Å².